The third-order valence-corrected chi connectivity index (χ3v) is 1.34. The Hall–Kier alpha value is -0.648. The summed E-state index contributed by atoms with van der Waals surface area (Å²) in [7, 11) is 0. The first-order chi connectivity index (χ1) is 4.84. The van der Waals surface area contributed by atoms with E-state index in [9.17, 15) is 0 Å². The molecule has 0 aliphatic rings. The average Bonchev–Trinajstić information content (AvgIpc) is 2.05. The van der Waals surface area contributed by atoms with Crippen LogP contribution in [0.15, 0.2) is 35.5 Å². The molecule has 1 aromatic rings. The van der Waals surface area contributed by atoms with E-state index in [-0.39, 0.29) is 20.4 Å². The van der Waals surface area contributed by atoms with Crippen LogP contribution in [0.4, 0.5) is 0 Å². The molecule has 0 saturated heterocycles. The predicted molar refractivity (Wildman–Crippen MR) is 40.4 cm³/mol. The molecule has 0 bridgehead atoms. The zero-order valence-electron chi connectivity index (χ0n) is 6.10. The molecule has 1 N–H and O–H groups in total. The summed E-state index contributed by atoms with van der Waals surface area (Å²) < 4.78 is 0. The minimum absolute atomic E-state index is 0. The van der Waals surface area contributed by atoms with Crippen molar-refractivity contribution >= 4 is 5.71 Å². The Morgan fingerprint density at radius 1 is 1.27 bits per heavy atom. The Balaban J connectivity index is 0.000001000. The number of hydrogen-bond donors (Lipinski definition) is 1. The summed E-state index contributed by atoms with van der Waals surface area (Å²) in [6.07, 6.45) is 0. The first-order valence-electron chi connectivity index (χ1n) is 3.08. The van der Waals surface area contributed by atoms with E-state index in [1.165, 1.54) is 0 Å². The van der Waals surface area contributed by atoms with Crippen LogP contribution < -0.4 is 0 Å². The fourth-order valence-corrected chi connectivity index (χ4v) is 0.737. The minimum atomic E-state index is 0. The maximum Gasteiger partial charge on any atom is 0.0836 e. The molecule has 1 rings (SSSR count). The minimum Gasteiger partial charge on any atom is -0.411 e. The van der Waals surface area contributed by atoms with E-state index in [2.05, 4.69) is 5.16 Å². The second kappa shape index (κ2) is 5.06. The topological polar surface area (TPSA) is 32.6 Å². The quantitative estimate of drug-likeness (QED) is 0.346. The van der Waals surface area contributed by atoms with Crippen molar-refractivity contribution in [2.45, 2.75) is 6.92 Å². The SMILES string of the molecule is CC(=NO)c1ccccc1.[Pd]. The van der Waals surface area contributed by atoms with Gasteiger partial charge >= 0.3 is 0 Å². The molecule has 0 aliphatic heterocycles. The van der Waals surface area contributed by atoms with Crippen LogP contribution in [0.3, 0.4) is 0 Å². The van der Waals surface area contributed by atoms with Crippen molar-refractivity contribution in [1.29, 1.82) is 0 Å². The van der Waals surface area contributed by atoms with Gasteiger partial charge in [-0.1, -0.05) is 35.5 Å². The van der Waals surface area contributed by atoms with Gasteiger partial charge in [0.05, 0.1) is 5.71 Å². The van der Waals surface area contributed by atoms with Crippen molar-refractivity contribution < 1.29 is 25.6 Å². The molecule has 0 aliphatic carbocycles. The van der Waals surface area contributed by atoms with Crippen molar-refractivity contribution in [3.8, 4) is 0 Å². The number of nitrogens with zero attached hydrogens (tertiary/aromatic N) is 1. The van der Waals surface area contributed by atoms with Gasteiger partial charge in [0.1, 0.15) is 0 Å². The summed E-state index contributed by atoms with van der Waals surface area (Å²) in [5.41, 5.74) is 1.59. The van der Waals surface area contributed by atoms with Gasteiger partial charge in [-0.05, 0) is 12.5 Å². The average molecular weight is 242 g/mol. The van der Waals surface area contributed by atoms with E-state index in [0.717, 1.165) is 5.56 Å². The van der Waals surface area contributed by atoms with Crippen molar-refractivity contribution in [3.05, 3.63) is 35.9 Å². The molecule has 0 aromatic heterocycles. The molecule has 11 heavy (non-hydrogen) atoms. The van der Waals surface area contributed by atoms with Crippen LogP contribution in [0.2, 0.25) is 0 Å². The van der Waals surface area contributed by atoms with Crippen molar-refractivity contribution in [2.75, 3.05) is 0 Å². The van der Waals surface area contributed by atoms with Crippen LogP contribution in [-0.2, 0) is 20.4 Å². The monoisotopic (exact) mass is 241 g/mol. The van der Waals surface area contributed by atoms with Crippen molar-refractivity contribution in [1.82, 2.24) is 0 Å². The molecule has 0 spiro atoms. The fraction of sp³-hybridized carbons (Fsp3) is 0.125. The Labute approximate surface area is 79.6 Å². The first kappa shape index (κ1) is 10.4. The molecule has 62 valence electrons. The molecule has 0 atom stereocenters. The largest absolute Gasteiger partial charge is 0.411 e. The molecular weight excluding hydrogens is 233 g/mol. The summed E-state index contributed by atoms with van der Waals surface area (Å²) in [4.78, 5) is 0. The van der Waals surface area contributed by atoms with E-state index >= 15 is 0 Å². The van der Waals surface area contributed by atoms with Gasteiger partial charge in [0.15, 0.2) is 0 Å². The molecule has 1 aromatic carbocycles. The zero-order valence-corrected chi connectivity index (χ0v) is 7.65. The number of hydrogen-bond acceptors (Lipinski definition) is 2. The van der Waals surface area contributed by atoms with Gasteiger partial charge < -0.3 is 5.21 Å². The zero-order chi connectivity index (χ0) is 7.40. The standard InChI is InChI=1S/C8H9NO.Pd/c1-7(9-10)8-5-3-2-4-6-8;/h2-6,10H,1H3;. The second-order valence-electron chi connectivity index (χ2n) is 2.05. The summed E-state index contributed by atoms with van der Waals surface area (Å²) in [6.45, 7) is 1.76. The third-order valence-electron chi connectivity index (χ3n) is 1.34. The van der Waals surface area contributed by atoms with Crippen LogP contribution in [0.25, 0.3) is 0 Å². The molecule has 0 fully saturated rings. The van der Waals surface area contributed by atoms with Crippen LogP contribution in [0, 0.1) is 0 Å². The second-order valence-corrected chi connectivity index (χ2v) is 2.05. The summed E-state index contributed by atoms with van der Waals surface area (Å²) in [5.74, 6) is 0. The van der Waals surface area contributed by atoms with Crippen molar-refractivity contribution in [2.24, 2.45) is 5.16 Å². The van der Waals surface area contributed by atoms with Gasteiger partial charge in [0.2, 0.25) is 0 Å². The van der Waals surface area contributed by atoms with Gasteiger partial charge in [0, 0.05) is 20.4 Å². The predicted octanol–water partition coefficient (Wildman–Crippen LogP) is 1.88. The number of rotatable bonds is 1. The number of benzene rings is 1. The molecule has 0 saturated carbocycles. The van der Waals surface area contributed by atoms with E-state index < -0.39 is 0 Å². The van der Waals surface area contributed by atoms with Crippen LogP contribution in [-0.4, -0.2) is 10.9 Å². The fourth-order valence-electron chi connectivity index (χ4n) is 0.737. The van der Waals surface area contributed by atoms with Crippen LogP contribution in [0.1, 0.15) is 12.5 Å². The maximum absolute atomic E-state index is 8.38. The van der Waals surface area contributed by atoms with Gasteiger partial charge in [-0.25, -0.2) is 0 Å². The Bertz CT molecular complexity index is 233. The normalized spacial score (nSPS) is 10.5. The molecule has 3 heteroatoms. The summed E-state index contributed by atoms with van der Waals surface area (Å²) in [6, 6.07) is 9.53. The first-order valence-corrected chi connectivity index (χ1v) is 3.08. The molecule has 2 nitrogen and oxygen atoms in total. The van der Waals surface area contributed by atoms with Crippen LogP contribution in [0.5, 0.6) is 0 Å². The molecule has 0 heterocycles. The van der Waals surface area contributed by atoms with Crippen molar-refractivity contribution in [3.63, 3.8) is 0 Å². The summed E-state index contributed by atoms with van der Waals surface area (Å²) in [5, 5.41) is 11.5. The van der Waals surface area contributed by atoms with E-state index in [1.807, 2.05) is 30.3 Å². The van der Waals surface area contributed by atoms with E-state index in [0.29, 0.717) is 5.71 Å². The van der Waals surface area contributed by atoms with Gasteiger partial charge in [-0.15, -0.1) is 0 Å². The molecule has 0 radical (unpaired) electrons. The summed E-state index contributed by atoms with van der Waals surface area (Å²) >= 11 is 0. The van der Waals surface area contributed by atoms with Crippen LogP contribution >= 0.6 is 0 Å². The smallest absolute Gasteiger partial charge is 0.0836 e. The van der Waals surface area contributed by atoms with Gasteiger partial charge in [-0.2, -0.15) is 0 Å². The molecular formula is C8H9NOPd. The van der Waals surface area contributed by atoms with Gasteiger partial charge in [0.25, 0.3) is 0 Å². The number of oxime groups is 1. The Morgan fingerprint density at radius 3 is 2.27 bits per heavy atom. The van der Waals surface area contributed by atoms with E-state index in [4.69, 9.17) is 5.21 Å². The molecule has 0 unspecified atom stereocenters. The third kappa shape index (κ3) is 2.84. The maximum atomic E-state index is 8.38. The van der Waals surface area contributed by atoms with E-state index in [1.54, 1.807) is 6.92 Å². The van der Waals surface area contributed by atoms with Gasteiger partial charge in [-0.3, -0.25) is 0 Å². The Kier molecular flexibility index (Phi) is 4.76. The molecule has 0 amide bonds. The Morgan fingerprint density at radius 2 is 1.82 bits per heavy atom.